The number of non-ortho nitro benzene ring substituents is 1. The van der Waals surface area contributed by atoms with Gasteiger partial charge in [0.15, 0.2) is 11.5 Å². The lowest BCUT2D eigenvalue weighted by molar-refractivity contribution is -0.384. The molecule has 1 N–H and O–H groups in total. The molecule has 2 aromatic carbocycles. The fourth-order valence-electron chi connectivity index (χ4n) is 3.36. The summed E-state index contributed by atoms with van der Waals surface area (Å²) < 4.78 is 16.3. The number of ether oxygens (including phenoxy) is 3. The molecule has 0 bridgehead atoms. The molecule has 0 aromatic heterocycles. The Kier molecular flexibility index (Phi) is 9.91. The number of nitro benzene ring substituents is 1. The summed E-state index contributed by atoms with van der Waals surface area (Å²) in [6.07, 6.45) is 2.36. The number of hydrogen-bond donors (Lipinski definition) is 1. The number of carbonyl (C=O) groups excluding carboxylic acids is 2. The predicted molar refractivity (Wildman–Crippen MR) is 145 cm³/mol. The van der Waals surface area contributed by atoms with Gasteiger partial charge in [-0.05, 0) is 54.8 Å². The molecule has 200 valence electrons. The Morgan fingerprint density at radius 1 is 1.21 bits per heavy atom. The summed E-state index contributed by atoms with van der Waals surface area (Å²) in [6, 6.07) is 9.12. The van der Waals surface area contributed by atoms with Crippen LogP contribution in [0.2, 0.25) is 5.02 Å². The van der Waals surface area contributed by atoms with Gasteiger partial charge >= 0.3 is 5.97 Å². The van der Waals surface area contributed by atoms with Crippen molar-refractivity contribution in [2.75, 3.05) is 13.7 Å². The highest BCUT2D eigenvalue weighted by Gasteiger charge is 2.33. The number of esters is 1. The Morgan fingerprint density at radius 3 is 2.53 bits per heavy atom. The summed E-state index contributed by atoms with van der Waals surface area (Å²) in [7, 11) is 1.44. The Morgan fingerprint density at radius 2 is 1.92 bits per heavy atom. The number of benzene rings is 2. The fraction of sp³-hybridized carbons (Fsp3) is 0.269. The molecule has 12 heteroatoms. The van der Waals surface area contributed by atoms with E-state index in [0.717, 1.165) is 11.8 Å². The molecule has 1 amide bonds. The molecule has 0 saturated carbocycles. The third-order valence-electron chi connectivity index (χ3n) is 5.14. The van der Waals surface area contributed by atoms with Crippen molar-refractivity contribution in [2.45, 2.75) is 33.3 Å². The maximum absolute atomic E-state index is 12.5. The number of hydrogen-bond acceptors (Lipinski definition) is 9. The summed E-state index contributed by atoms with van der Waals surface area (Å²) in [6.45, 7) is 3.64. The van der Waals surface area contributed by atoms with E-state index in [1.165, 1.54) is 19.2 Å². The van der Waals surface area contributed by atoms with Gasteiger partial charge in [-0.1, -0.05) is 30.3 Å². The Balaban J connectivity index is 1.90. The number of halogens is 1. The molecule has 0 spiro atoms. The molecule has 1 aliphatic heterocycles. The number of amides is 1. The maximum atomic E-state index is 12.5. The van der Waals surface area contributed by atoms with E-state index in [-0.39, 0.29) is 57.4 Å². The van der Waals surface area contributed by atoms with Crippen molar-refractivity contribution in [1.29, 1.82) is 0 Å². The van der Waals surface area contributed by atoms with Crippen LogP contribution < -0.4 is 9.47 Å². The maximum Gasteiger partial charge on any atom is 0.344 e. The van der Waals surface area contributed by atoms with Crippen LogP contribution in [0.1, 0.15) is 37.8 Å². The van der Waals surface area contributed by atoms with Crippen molar-refractivity contribution in [3.8, 4) is 11.5 Å². The predicted octanol–water partition coefficient (Wildman–Crippen LogP) is 6.02. The highest BCUT2D eigenvalue weighted by molar-refractivity contribution is 8.18. The van der Waals surface area contributed by atoms with Crippen LogP contribution in [-0.2, 0) is 20.9 Å². The summed E-state index contributed by atoms with van der Waals surface area (Å²) >= 11 is 7.44. The standard InChI is InChI=1S/C26H25ClN2O8S/c1-4-6-21(30)28-25-22(26(32)36-5-2)23(31)20(38-25)13-16-11-18(27)24(19(12-16)35-3)37-14-15-7-9-17(10-8-15)29(33)34/h7-13,31H,4-6,14H2,1-3H3/b20-13-,28-25?. The minimum absolute atomic E-state index is 0.0297. The van der Waals surface area contributed by atoms with E-state index in [1.54, 1.807) is 37.3 Å². The number of rotatable bonds is 10. The van der Waals surface area contributed by atoms with E-state index in [2.05, 4.69) is 4.99 Å². The Bertz CT molecular complexity index is 1340. The number of nitrogens with zero attached hydrogens (tertiary/aromatic N) is 2. The first-order valence-corrected chi connectivity index (χ1v) is 12.7. The average molecular weight is 561 g/mol. The molecule has 0 fully saturated rings. The molecule has 0 radical (unpaired) electrons. The number of thioether (sulfide) groups is 1. The van der Waals surface area contributed by atoms with Gasteiger partial charge in [0.1, 0.15) is 23.0 Å². The van der Waals surface area contributed by atoms with E-state index < -0.39 is 16.8 Å². The van der Waals surface area contributed by atoms with Crippen LogP contribution in [0.5, 0.6) is 11.5 Å². The van der Waals surface area contributed by atoms with E-state index in [0.29, 0.717) is 23.3 Å². The lowest BCUT2D eigenvalue weighted by Crippen LogP contribution is -2.14. The van der Waals surface area contributed by atoms with Crippen LogP contribution in [-0.4, -0.2) is 40.7 Å². The fourth-order valence-corrected chi connectivity index (χ4v) is 4.66. The smallest absolute Gasteiger partial charge is 0.344 e. The minimum Gasteiger partial charge on any atom is -0.506 e. The van der Waals surface area contributed by atoms with Gasteiger partial charge in [-0.3, -0.25) is 14.9 Å². The number of aliphatic hydroxyl groups is 1. The second-order valence-electron chi connectivity index (χ2n) is 7.86. The second-order valence-corrected chi connectivity index (χ2v) is 9.30. The lowest BCUT2D eigenvalue weighted by Gasteiger charge is -2.13. The molecule has 0 saturated heterocycles. The molecule has 3 rings (SSSR count). The summed E-state index contributed by atoms with van der Waals surface area (Å²) in [5.41, 5.74) is 1.01. The minimum atomic E-state index is -0.783. The van der Waals surface area contributed by atoms with Crippen LogP contribution in [0.4, 0.5) is 5.69 Å². The first-order valence-electron chi connectivity index (χ1n) is 11.5. The van der Waals surface area contributed by atoms with Crippen molar-refractivity contribution in [1.82, 2.24) is 0 Å². The number of methoxy groups -OCH3 is 1. The van der Waals surface area contributed by atoms with Crippen molar-refractivity contribution in [2.24, 2.45) is 4.99 Å². The normalized spacial score (nSPS) is 15.2. The monoisotopic (exact) mass is 560 g/mol. The molecule has 38 heavy (non-hydrogen) atoms. The van der Waals surface area contributed by atoms with Gasteiger partial charge < -0.3 is 19.3 Å². The van der Waals surface area contributed by atoms with Crippen LogP contribution in [0.15, 0.2) is 57.6 Å². The molecule has 1 aliphatic rings. The number of aliphatic hydroxyl groups excluding tert-OH is 1. The van der Waals surface area contributed by atoms with E-state index in [9.17, 15) is 24.8 Å². The first-order chi connectivity index (χ1) is 18.2. The lowest BCUT2D eigenvalue weighted by atomic mass is 10.1. The van der Waals surface area contributed by atoms with Gasteiger partial charge in [-0.25, -0.2) is 9.79 Å². The highest BCUT2D eigenvalue weighted by Crippen LogP contribution is 2.42. The molecule has 2 aromatic rings. The van der Waals surface area contributed by atoms with E-state index in [1.807, 2.05) is 6.92 Å². The number of aliphatic imine (C=N–C) groups is 1. The van der Waals surface area contributed by atoms with Crippen LogP contribution in [0.3, 0.4) is 0 Å². The largest absolute Gasteiger partial charge is 0.506 e. The third kappa shape index (κ3) is 6.93. The van der Waals surface area contributed by atoms with Crippen molar-refractivity contribution >= 4 is 52.0 Å². The topological polar surface area (TPSA) is 138 Å². The van der Waals surface area contributed by atoms with Gasteiger partial charge in [0, 0.05) is 18.6 Å². The number of nitro groups is 1. The zero-order valence-corrected chi connectivity index (χ0v) is 22.4. The van der Waals surface area contributed by atoms with Crippen LogP contribution in [0.25, 0.3) is 6.08 Å². The zero-order chi connectivity index (χ0) is 27.8. The molecular weight excluding hydrogens is 536 g/mol. The zero-order valence-electron chi connectivity index (χ0n) is 20.9. The molecule has 10 nitrogen and oxygen atoms in total. The SMILES string of the molecule is CCCC(=O)N=C1S/C(=C\c2cc(Cl)c(OCc3ccc([N+](=O)[O-])cc3)c(OC)c2)C(O)=C1C(=O)OCC. The summed E-state index contributed by atoms with van der Waals surface area (Å²) in [5, 5.41) is 21.9. The third-order valence-corrected chi connectivity index (χ3v) is 6.44. The number of carbonyl (C=O) groups is 2. The van der Waals surface area contributed by atoms with Crippen LogP contribution >= 0.6 is 23.4 Å². The van der Waals surface area contributed by atoms with Gasteiger partial charge in [0.25, 0.3) is 5.69 Å². The van der Waals surface area contributed by atoms with Crippen LogP contribution in [0, 0.1) is 10.1 Å². The van der Waals surface area contributed by atoms with Gasteiger partial charge in [0.05, 0.1) is 28.6 Å². The quantitative estimate of drug-likeness (QED) is 0.210. The summed E-state index contributed by atoms with van der Waals surface area (Å²) in [4.78, 5) is 39.2. The second kappa shape index (κ2) is 13.1. The molecule has 1 heterocycles. The molecule has 0 aliphatic carbocycles. The van der Waals surface area contributed by atoms with Gasteiger partial charge in [-0.2, -0.15) is 0 Å². The van der Waals surface area contributed by atoms with E-state index in [4.69, 9.17) is 25.8 Å². The highest BCUT2D eigenvalue weighted by atomic mass is 35.5. The average Bonchev–Trinajstić information content (AvgIpc) is 3.17. The van der Waals surface area contributed by atoms with Crippen molar-refractivity contribution in [3.63, 3.8) is 0 Å². The van der Waals surface area contributed by atoms with Gasteiger partial charge in [0.2, 0.25) is 5.91 Å². The van der Waals surface area contributed by atoms with E-state index >= 15 is 0 Å². The molecule has 0 unspecified atom stereocenters. The Labute approximate surface area is 228 Å². The van der Waals surface area contributed by atoms with Crippen molar-refractivity contribution < 1.29 is 33.8 Å². The molecular formula is C26H25ClN2O8S. The Hall–Kier alpha value is -3.83. The van der Waals surface area contributed by atoms with Gasteiger partial charge in [-0.15, -0.1) is 0 Å². The van der Waals surface area contributed by atoms with Crippen molar-refractivity contribution in [3.05, 3.63) is 78.9 Å². The first kappa shape index (κ1) is 28.7. The summed E-state index contributed by atoms with van der Waals surface area (Å²) in [5.74, 6) is -0.992. The molecule has 0 atom stereocenters.